The van der Waals surface area contributed by atoms with Gasteiger partial charge in [-0.2, -0.15) is 0 Å². The lowest BCUT2D eigenvalue weighted by Gasteiger charge is -2.31. The molecule has 0 saturated carbocycles. The smallest absolute Gasteiger partial charge is 0.343 e. The summed E-state index contributed by atoms with van der Waals surface area (Å²) in [5.74, 6) is -2.68. The van der Waals surface area contributed by atoms with Crippen LogP contribution in [0.15, 0.2) is 16.9 Å². The Balaban J connectivity index is 1.70. The van der Waals surface area contributed by atoms with Crippen molar-refractivity contribution in [3.05, 3.63) is 61.9 Å². The maximum absolute atomic E-state index is 14.5. The molecule has 4 heterocycles. The van der Waals surface area contributed by atoms with Crippen molar-refractivity contribution in [3.8, 4) is 11.4 Å². The third-order valence-electron chi connectivity index (χ3n) is 7.09. The fourth-order valence-electron chi connectivity index (χ4n) is 5.39. The van der Waals surface area contributed by atoms with Gasteiger partial charge in [-0.05, 0) is 30.9 Å². The van der Waals surface area contributed by atoms with Crippen molar-refractivity contribution in [1.82, 2.24) is 9.55 Å². The molecule has 32 heavy (non-hydrogen) atoms. The average Bonchev–Trinajstić information content (AvgIpc) is 3.14. The number of nitrogens with zero attached hydrogens (tertiary/aromatic N) is 2. The zero-order valence-corrected chi connectivity index (χ0v) is 17.2. The van der Waals surface area contributed by atoms with Crippen molar-refractivity contribution in [3.63, 3.8) is 0 Å². The van der Waals surface area contributed by atoms with Crippen LogP contribution < -0.4 is 11.3 Å². The van der Waals surface area contributed by atoms with Gasteiger partial charge in [0.15, 0.2) is 17.2 Å². The number of esters is 1. The number of fused-ring (bicyclic) bond motifs is 5. The van der Waals surface area contributed by atoms with E-state index in [1.807, 2.05) is 0 Å². The quantitative estimate of drug-likeness (QED) is 0.441. The van der Waals surface area contributed by atoms with Crippen molar-refractivity contribution in [2.75, 3.05) is 0 Å². The molecule has 0 bridgehead atoms. The number of pyridine rings is 2. The molecule has 164 valence electrons. The minimum Gasteiger partial charge on any atom is -0.458 e. The third kappa shape index (κ3) is 2.22. The molecule has 2 aliphatic heterocycles. The van der Waals surface area contributed by atoms with Crippen LogP contribution in [0.25, 0.3) is 22.3 Å². The predicted molar refractivity (Wildman–Crippen MR) is 110 cm³/mol. The number of benzene rings is 1. The minimum absolute atomic E-state index is 0.0315. The van der Waals surface area contributed by atoms with Gasteiger partial charge in [0.2, 0.25) is 0 Å². The van der Waals surface area contributed by atoms with E-state index < -0.39 is 34.8 Å². The van der Waals surface area contributed by atoms with E-state index in [0.717, 1.165) is 6.07 Å². The normalized spacial score (nSPS) is 23.0. The molecule has 2 atom stereocenters. The SMILES string of the molecule is CC[C@@]1(O)C(=O)OCc2c1cc1n(c2=O)Cc2c-1nc1cc(F)c(F)c3c1c2C(N)CC3. The van der Waals surface area contributed by atoms with Crippen molar-refractivity contribution in [2.24, 2.45) is 5.73 Å². The Morgan fingerprint density at radius 3 is 2.81 bits per heavy atom. The standard InChI is InChI=1S/C23H19F2N3O4/c1-2-23(31)12-5-16-20-10(7-28(16)21(29)11(12)8-32-22(23)30)17-14(26)4-3-9-18(17)15(27-20)6-13(24)19(9)25/h5-6,14,31H,2-4,7-8,26H2,1H3/t14?,23-/m0/s1. The third-order valence-corrected chi connectivity index (χ3v) is 7.09. The average molecular weight is 439 g/mol. The number of ether oxygens (including phenoxy) is 1. The van der Waals surface area contributed by atoms with Crippen molar-refractivity contribution in [2.45, 2.75) is 51.0 Å². The number of nitrogens with two attached hydrogens (primary N) is 1. The van der Waals surface area contributed by atoms with Crippen molar-refractivity contribution >= 4 is 16.9 Å². The number of cyclic esters (lactones) is 1. The molecule has 2 aromatic heterocycles. The number of aryl methyl sites for hydroxylation is 1. The van der Waals surface area contributed by atoms with Gasteiger partial charge in [-0.3, -0.25) is 4.79 Å². The Kier molecular flexibility index (Phi) is 3.78. The molecule has 3 N–H and O–H groups in total. The number of aromatic nitrogens is 2. The van der Waals surface area contributed by atoms with Gasteiger partial charge in [0.05, 0.1) is 29.0 Å². The van der Waals surface area contributed by atoms with E-state index in [-0.39, 0.29) is 41.8 Å². The maximum Gasteiger partial charge on any atom is 0.343 e. The molecular formula is C23H19F2N3O4. The zero-order chi connectivity index (χ0) is 22.5. The largest absolute Gasteiger partial charge is 0.458 e. The summed E-state index contributed by atoms with van der Waals surface area (Å²) in [4.78, 5) is 30.2. The summed E-state index contributed by atoms with van der Waals surface area (Å²) in [6, 6.07) is 2.23. The van der Waals surface area contributed by atoms with Crippen molar-refractivity contribution < 1.29 is 23.4 Å². The molecule has 1 unspecified atom stereocenters. The Labute approximate surface area is 180 Å². The molecule has 0 fully saturated rings. The monoisotopic (exact) mass is 439 g/mol. The summed E-state index contributed by atoms with van der Waals surface area (Å²) < 4.78 is 35.4. The Hall–Kier alpha value is -3.17. The van der Waals surface area contributed by atoms with E-state index in [1.165, 1.54) is 4.57 Å². The summed E-state index contributed by atoms with van der Waals surface area (Å²) in [6.45, 7) is 1.57. The summed E-state index contributed by atoms with van der Waals surface area (Å²) in [5.41, 5.74) is 7.21. The minimum atomic E-state index is -1.94. The zero-order valence-electron chi connectivity index (χ0n) is 17.2. The van der Waals surface area contributed by atoms with Gasteiger partial charge in [0.25, 0.3) is 5.56 Å². The van der Waals surface area contributed by atoms with E-state index in [2.05, 4.69) is 4.98 Å². The summed E-state index contributed by atoms with van der Waals surface area (Å²) >= 11 is 0. The van der Waals surface area contributed by atoms with E-state index in [9.17, 15) is 23.5 Å². The first-order chi connectivity index (χ1) is 15.3. The molecule has 6 rings (SSSR count). The summed E-state index contributed by atoms with van der Waals surface area (Å²) in [6.07, 6.45) is 0.779. The highest BCUT2D eigenvalue weighted by atomic mass is 19.2. The van der Waals surface area contributed by atoms with Crippen LogP contribution >= 0.6 is 0 Å². The first-order valence-corrected chi connectivity index (χ1v) is 10.5. The van der Waals surface area contributed by atoms with Crippen LogP contribution in [0.4, 0.5) is 8.78 Å². The van der Waals surface area contributed by atoms with Gasteiger partial charge < -0.3 is 20.1 Å². The number of hydrogen-bond donors (Lipinski definition) is 2. The summed E-state index contributed by atoms with van der Waals surface area (Å²) in [5, 5.41) is 11.5. The van der Waals surface area contributed by atoms with Crippen LogP contribution in [0.1, 0.15) is 53.6 Å². The van der Waals surface area contributed by atoms with Crippen LogP contribution in [0.3, 0.4) is 0 Å². The molecular weight excluding hydrogens is 420 g/mol. The van der Waals surface area contributed by atoms with Gasteiger partial charge in [-0.15, -0.1) is 0 Å². The van der Waals surface area contributed by atoms with Crippen LogP contribution in [0.5, 0.6) is 0 Å². The lowest BCUT2D eigenvalue weighted by atomic mass is 9.83. The van der Waals surface area contributed by atoms with Crippen LogP contribution in [0.2, 0.25) is 0 Å². The van der Waals surface area contributed by atoms with E-state index >= 15 is 0 Å². The summed E-state index contributed by atoms with van der Waals surface area (Å²) in [7, 11) is 0. The fourth-order valence-corrected chi connectivity index (χ4v) is 5.39. The lowest BCUT2D eigenvalue weighted by molar-refractivity contribution is -0.172. The van der Waals surface area contributed by atoms with Gasteiger partial charge in [-0.25, -0.2) is 18.6 Å². The van der Waals surface area contributed by atoms with Gasteiger partial charge in [-0.1, -0.05) is 6.92 Å². The Bertz CT molecular complexity index is 1450. The second-order valence-corrected chi connectivity index (χ2v) is 8.65. The number of carbonyl (C=O) groups excluding carboxylic acids is 1. The first-order valence-electron chi connectivity index (χ1n) is 10.5. The molecule has 1 aromatic carbocycles. The number of aliphatic hydroxyl groups is 1. The van der Waals surface area contributed by atoms with E-state index in [1.54, 1.807) is 13.0 Å². The maximum atomic E-state index is 14.5. The topological polar surface area (TPSA) is 107 Å². The van der Waals surface area contributed by atoms with Gasteiger partial charge in [0, 0.05) is 34.2 Å². The van der Waals surface area contributed by atoms with E-state index in [0.29, 0.717) is 40.7 Å². The predicted octanol–water partition coefficient (Wildman–Crippen LogP) is 2.30. The number of carbonyl (C=O) groups is 1. The molecule has 3 aromatic rings. The van der Waals surface area contributed by atoms with Crippen LogP contribution in [-0.4, -0.2) is 20.6 Å². The Morgan fingerprint density at radius 2 is 2.06 bits per heavy atom. The molecule has 1 aliphatic carbocycles. The highest BCUT2D eigenvalue weighted by Gasteiger charge is 2.45. The molecule has 9 heteroatoms. The second kappa shape index (κ2) is 6.20. The Morgan fingerprint density at radius 1 is 1.28 bits per heavy atom. The molecule has 0 spiro atoms. The molecule has 7 nitrogen and oxygen atoms in total. The highest BCUT2D eigenvalue weighted by Crippen LogP contribution is 2.45. The second-order valence-electron chi connectivity index (χ2n) is 8.65. The highest BCUT2D eigenvalue weighted by molar-refractivity contribution is 5.92. The van der Waals surface area contributed by atoms with Gasteiger partial charge >= 0.3 is 5.97 Å². The number of hydrogen-bond acceptors (Lipinski definition) is 6. The van der Waals surface area contributed by atoms with Crippen LogP contribution in [-0.2, 0) is 34.7 Å². The molecule has 0 saturated heterocycles. The number of halogens is 2. The van der Waals surface area contributed by atoms with Gasteiger partial charge in [0.1, 0.15) is 6.61 Å². The first kappa shape index (κ1) is 19.5. The lowest BCUT2D eigenvalue weighted by Crippen LogP contribution is -2.44. The van der Waals surface area contributed by atoms with Crippen molar-refractivity contribution in [1.29, 1.82) is 0 Å². The fraction of sp³-hybridized carbons (Fsp3) is 0.348. The molecule has 0 amide bonds. The molecule has 0 radical (unpaired) electrons. The number of rotatable bonds is 1. The van der Waals surface area contributed by atoms with Crippen LogP contribution in [0, 0.1) is 11.6 Å². The van der Waals surface area contributed by atoms with E-state index in [4.69, 9.17) is 10.5 Å². The molecule has 3 aliphatic rings.